The first-order valence-electron chi connectivity index (χ1n) is 5.43. The molecule has 0 saturated heterocycles. The van der Waals surface area contributed by atoms with Gasteiger partial charge in [-0.25, -0.2) is 0 Å². The highest BCUT2D eigenvalue weighted by Crippen LogP contribution is 2.29. The lowest BCUT2D eigenvalue weighted by Gasteiger charge is -2.12. The Hall–Kier alpha value is -0.680. The molecule has 0 amide bonds. The highest BCUT2D eigenvalue weighted by atomic mass is 32.2. The van der Waals surface area contributed by atoms with Gasteiger partial charge in [0.15, 0.2) is 0 Å². The average molecular weight is 263 g/mol. The summed E-state index contributed by atoms with van der Waals surface area (Å²) in [5, 5.41) is 0. The zero-order valence-electron chi connectivity index (χ0n) is 9.63. The van der Waals surface area contributed by atoms with E-state index in [0.717, 1.165) is 17.6 Å². The number of hydrogen-bond acceptors (Lipinski definition) is 2. The van der Waals surface area contributed by atoms with Crippen molar-refractivity contribution in [3.63, 3.8) is 0 Å². The maximum absolute atomic E-state index is 12.5. The molecule has 0 radical (unpaired) electrons. The summed E-state index contributed by atoms with van der Waals surface area (Å²) in [5.41, 5.74) is 5.89. The third-order valence-corrected chi connectivity index (χ3v) is 3.36. The number of thioether (sulfide) groups is 1. The summed E-state index contributed by atoms with van der Waals surface area (Å²) in [6.07, 6.45) is -3.80. The number of alkyl halides is 3. The molecule has 0 saturated carbocycles. The van der Waals surface area contributed by atoms with Gasteiger partial charge >= 0.3 is 6.18 Å². The van der Waals surface area contributed by atoms with Crippen molar-refractivity contribution >= 4 is 11.8 Å². The molecule has 1 aromatic carbocycles. The Morgan fingerprint density at radius 3 is 2.65 bits per heavy atom. The number of benzene rings is 1. The Balaban J connectivity index is 2.66. The summed E-state index contributed by atoms with van der Waals surface area (Å²) in [6, 6.07) is 5.28. The van der Waals surface area contributed by atoms with Gasteiger partial charge in [0.25, 0.3) is 0 Å². The summed E-state index contributed by atoms with van der Waals surface area (Å²) in [4.78, 5) is 0. The summed E-state index contributed by atoms with van der Waals surface area (Å²) >= 11 is 1.70. The standard InChI is InChI=1S/C12H16F3NS/c1-2-17-8-11(16)7-9-4-3-5-10(6-9)12(13,14)15/h3-6,11H,2,7-8,16H2,1H3. The maximum Gasteiger partial charge on any atom is 0.416 e. The normalized spacial score (nSPS) is 13.7. The van der Waals surface area contributed by atoms with E-state index in [0.29, 0.717) is 12.0 Å². The van der Waals surface area contributed by atoms with Crippen molar-refractivity contribution in [1.82, 2.24) is 0 Å². The molecule has 5 heteroatoms. The van der Waals surface area contributed by atoms with Crippen LogP contribution >= 0.6 is 11.8 Å². The van der Waals surface area contributed by atoms with Gasteiger partial charge in [-0.15, -0.1) is 0 Å². The van der Waals surface area contributed by atoms with Crippen LogP contribution in [0.2, 0.25) is 0 Å². The Kier molecular flexibility index (Phi) is 5.33. The largest absolute Gasteiger partial charge is 0.416 e. The van der Waals surface area contributed by atoms with E-state index in [9.17, 15) is 13.2 Å². The molecule has 2 N–H and O–H groups in total. The first-order chi connectivity index (χ1) is 7.93. The lowest BCUT2D eigenvalue weighted by Crippen LogP contribution is -2.25. The molecule has 0 aromatic heterocycles. The van der Waals surface area contributed by atoms with Crippen LogP contribution in [0.3, 0.4) is 0 Å². The molecule has 0 fully saturated rings. The van der Waals surface area contributed by atoms with Gasteiger partial charge in [-0.2, -0.15) is 24.9 Å². The van der Waals surface area contributed by atoms with Gasteiger partial charge in [0.1, 0.15) is 0 Å². The molecule has 17 heavy (non-hydrogen) atoms. The van der Waals surface area contributed by atoms with Gasteiger partial charge in [-0.3, -0.25) is 0 Å². The second-order valence-electron chi connectivity index (χ2n) is 3.82. The molecule has 1 atom stereocenters. The monoisotopic (exact) mass is 263 g/mol. The van der Waals surface area contributed by atoms with Crippen LogP contribution in [-0.2, 0) is 12.6 Å². The van der Waals surface area contributed by atoms with Crippen molar-refractivity contribution in [3.8, 4) is 0 Å². The van der Waals surface area contributed by atoms with E-state index in [1.165, 1.54) is 12.1 Å². The Bertz CT molecular complexity index is 352. The molecule has 0 aliphatic heterocycles. The summed E-state index contributed by atoms with van der Waals surface area (Å²) in [7, 11) is 0. The van der Waals surface area contributed by atoms with Gasteiger partial charge in [-0.05, 0) is 23.8 Å². The number of rotatable bonds is 5. The van der Waals surface area contributed by atoms with Gasteiger partial charge in [0, 0.05) is 11.8 Å². The molecule has 1 aromatic rings. The average Bonchev–Trinajstić information content (AvgIpc) is 2.25. The molecule has 0 heterocycles. The lowest BCUT2D eigenvalue weighted by molar-refractivity contribution is -0.137. The van der Waals surface area contributed by atoms with Gasteiger partial charge in [-0.1, -0.05) is 25.1 Å². The first kappa shape index (κ1) is 14.4. The predicted octanol–water partition coefficient (Wildman–Crippen LogP) is 3.33. The highest BCUT2D eigenvalue weighted by Gasteiger charge is 2.30. The van der Waals surface area contributed by atoms with Crippen molar-refractivity contribution in [2.24, 2.45) is 5.73 Å². The molecule has 96 valence electrons. The Morgan fingerprint density at radius 1 is 1.35 bits per heavy atom. The van der Waals surface area contributed by atoms with Crippen molar-refractivity contribution in [1.29, 1.82) is 0 Å². The highest BCUT2D eigenvalue weighted by molar-refractivity contribution is 7.99. The molecular formula is C12H16F3NS. The number of hydrogen-bond donors (Lipinski definition) is 1. The summed E-state index contributed by atoms with van der Waals surface area (Å²) < 4.78 is 37.4. The molecule has 0 aliphatic carbocycles. The van der Waals surface area contributed by atoms with Crippen molar-refractivity contribution < 1.29 is 13.2 Å². The van der Waals surface area contributed by atoms with E-state index >= 15 is 0 Å². The van der Waals surface area contributed by atoms with E-state index < -0.39 is 11.7 Å². The minimum Gasteiger partial charge on any atom is -0.327 e. The van der Waals surface area contributed by atoms with E-state index in [1.54, 1.807) is 17.8 Å². The van der Waals surface area contributed by atoms with Crippen molar-refractivity contribution in [2.45, 2.75) is 25.6 Å². The third-order valence-electron chi connectivity index (χ3n) is 2.29. The fraction of sp³-hybridized carbons (Fsp3) is 0.500. The first-order valence-corrected chi connectivity index (χ1v) is 6.58. The van der Waals surface area contributed by atoms with Gasteiger partial charge in [0.05, 0.1) is 5.56 Å². The minimum absolute atomic E-state index is 0.0940. The van der Waals surface area contributed by atoms with E-state index in [4.69, 9.17) is 5.73 Å². The second-order valence-corrected chi connectivity index (χ2v) is 5.14. The molecule has 0 bridgehead atoms. The van der Waals surface area contributed by atoms with Crippen LogP contribution in [0.5, 0.6) is 0 Å². The van der Waals surface area contributed by atoms with E-state index in [2.05, 4.69) is 0 Å². The number of halogens is 3. The summed E-state index contributed by atoms with van der Waals surface area (Å²) in [6.45, 7) is 2.03. The quantitative estimate of drug-likeness (QED) is 0.881. The van der Waals surface area contributed by atoms with Crippen molar-refractivity contribution in [3.05, 3.63) is 35.4 Å². The van der Waals surface area contributed by atoms with Crippen LogP contribution in [0.15, 0.2) is 24.3 Å². The lowest BCUT2D eigenvalue weighted by atomic mass is 10.0. The maximum atomic E-state index is 12.5. The third kappa shape index (κ3) is 5.00. The second kappa shape index (κ2) is 6.31. The topological polar surface area (TPSA) is 26.0 Å². The molecular weight excluding hydrogens is 247 g/mol. The molecule has 0 aliphatic rings. The molecule has 1 unspecified atom stereocenters. The van der Waals surface area contributed by atoms with Crippen LogP contribution in [0, 0.1) is 0 Å². The fourth-order valence-corrected chi connectivity index (χ4v) is 2.16. The smallest absolute Gasteiger partial charge is 0.327 e. The zero-order chi connectivity index (χ0) is 12.9. The fourth-order valence-electron chi connectivity index (χ4n) is 1.51. The predicted molar refractivity (Wildman–Crippen MR) is 66.1 cm³/mol. The van der Waals surface area contributed by atoms with E-state index in [1.807, 2.05) is 6.92 Å². The van der Waals surface area contributed by atoms with Crippen LogP contribution in [-0.4, -0.2) is 17.5 Å². The SMILES string of the molecule is CCSCC(N)Cc1cccc(C(F)(F)F)c1. The van der Waals surface area contributed by atoms with Crippen LogP contribution in [0.25, 0.3) is 0 Å². The Morgan fingerprint density at radius 2 is 2.06 bits per heavy atom. The zero-order valence-corrected chi connectivity index (χ0v) is 10.4. The van der Waals surface area contributed by atoms with Gasteiger partial charge < -0.3 is 5.73 Å². The molecule has 1 rings (SSSR count). The summed E-state index contributed by atoms with van der Waals surface area (Å²) in [5.74, 6) is 1.74. The Labute approximate surface area is 104 Å². The van der Waals surface area contributed by atoms with Crippen LogP contribution < -0.4 is 5.73 Å². The van der Waals surface area contributed by atoms with Crippen LogP contribution in [0.4, 0.5) is 13.2 Å². The van der Waals surface area contributed by atoms with Gasteiger partial charge in [0.2, 0.25) is 0 Å². The number of nitrogens with two attached hydrogens (primary N) is 1. The minimum atomic E-state index is -4.28. The van der Waals surface area contributed by atoms with Crippen molar-refractivity contribution in [2.75, 3.05) is 11.5 Å². The van der Waals surface area contributed by atoms with Crippen LogP contribution in [0.1, 0.15) is 18.1 Å². The molecule has 0 spiro atoms. The van der Waals surface area contributed by atoms with E-state index in [-0.39, 0.29) is 6.04 Å². The molecule has 1 nitrogen and oxygen atoms in total.